The summed E-state index contributed by atoms with van der Waals surface area (Å²) < 4.78 is 0. The molecule has 1 aromatic heterocycles. The number of nitrogens with zero attached hydrogens (tertiary/aromatic N) is 1. The van der Waals surface area contributed by atoms with Crippen LogP contribution < -0.4 is 5.32 Å². The Kier molecular flexibility index (Phi) is 5.84. The monoisotopic (exact) mass is 370 g/mol. The van der Waals surface area contributed by atoms with Crippen molar-refractivity contribution >= 4 is 28.8 Å². The zero-order valence-corrected chi connectivity index (χ0v) is 15.5. The van der Waals surface area contributed by atoms with Crippen molar-refractivity contribution in [3.63, 3.8) is 0 Å². The van der Waals surface area contributed by atoms with Crippen LogP contribution in [0.25, 0.3) is 10.6 Å². The molecule has 1 N–H and O–H groups in total. The Bertz CT molecular complexity index is 830. The van der Waals surface area contributed by atoms with Crippen LogP contribution in [0.15, 0.2) is 60.0 Å². The Morgan fingerprint density at radius 3 is 2.60 bits per heavy atom. The molecule has 5 heteroatoms. The number of halogens is 1. The number of rotatable bonds is 6. The van der Waals surface area contributed by atoms with E-state index in [1.807, 2.05) is 47.8 Å². The molecule has 0 radical (unpaired) electrons. The fourth-order valence-corrected chi connectivity index (χ4v) is 3.46. The lowest BCUT2D eigenvalue weighted by molar-refractivity contribution is -0.120. The number of nitrogens with one attached hydrogen (secondary N) is 1. The number of carbonyl (C=O) groups is 1. The largest absolute Gasteiger partial charge is 0.355 e. The van der Waals surface area contributed by atoms with Crippen molar-refractivity contribution in [2.45, 2.75) is 19.3 Å². The van der Waals surface area contributed by atoms with E-state index in [1.165, 1.54) is 16.9 Å². The molecule has 1 atom stereocenters. The fraction of sp³-hybridized carbons (Fsp3) is 0.200. The van der Waals surface area contributed by atoms with Crippen LogP contribution in [0.4, 0.5) is 0 Å². The van der Waals surface area contributed by atoms with Gasteiger partial charge in [-0.15, -0.1) is 11.3 Å². The standard InChI is InChI=1S/C20H19ClN2OS/c1-14(15-5-3-2-4-6-15)12-22-19(24)11-18-13-25-20(23-18)16-7-9-17(21)10-8-16/h2-10,13-14H,11-12H2,1H3,(H,22,24)/t14-/m1/s1. The minimum Gasteiger partial charge on any atom is -0.355 e. The first-order valence-electron chi connectivity index (χ1n) is 8.14. The highest BCUT2D eigenvalue weighted by Gasteiger charge is 2.11. The highest BCUT2D eigenvalue weighted by molar-refractivity contribution is 7.13. The Balaban J connectivity index is 1.54. The van der Waals surface area contributed by atoms with Gasteiger partial charge in [0, 0.05) is 22.5 Å². The first-order chi connectivity index (χ1) is 12.1. The van der Waals surface area contributed by atoms with Gasteiger partial charge in [0.05, 0.1) is 12.1 Å². The summed E-state index contributed by atoms with van der Waals surface area (Å²) in [6.07, 6.45) is 0.297. The molecule has 0 fully saturated rings. The van der Waals surface area contributed by atoms with Crippen LogP contribution in [-0.2, 0) is 11.2 Å². The molecule has 25 heavy (non-hydrogen) atoms. The number of thiazole rings is 1. The van der Waals surface area contributed by atoms with Gasteiger partial charge in [-0.1, -0.05) is 61.0 Å². The molecule has 3 rings (SSSR count). The molecule has 0 unspecified atom stereocenters. The van der Waals surface area contributed by atoms with E-state index in [-0.39, 0.29) is 11.8 Å². The zero-order chi connectivity index (χ0) is 17.6. The van der Waals surface area contributed by atoms with Gasteiger partial charge in [0.2, 0.25) is 5.91 Å². The van der Waals surface area contributed by atoms with E-state index in [0.717, 1.165) is 16.3 Å². The zero-order valence-electron chi connectivity index (χ0n) is 13.9. The average molecular weight is 371 g/mol. The van der Waals surface area contributed by atoms with Crippen LogP contribution in [0.1, 0.15) is 24.1 Å². The van der Waals surface area contributed by atoms with Crippen LogP contribution in [0.3, 0.4) is 0 Å². The normalized spacial score (nSPS) is 11.9. The summed E-state index contributed by atoms with van der Waals surface area (Å²) in [5.74, 6) is 0.279. The van der Waals surface area contributed by atoms with Crippen molar-refractivity contribution in [3.05, 3.63) is 76.3 Å². The predicted molar refractivity (Wildman–Crippen MR) is 104 cm³/mol. The third-order valence-electron chi connectivity index (χ3n) is 3.96. The van der Waals surface area contributed by atoms with E-state index in [9.17, 15) is 4.79 Å². The maximum Gasteiger partial charge on any atom is 0.226 e. The van der Waals surface area contributed by atoms with E-state index in [1.54, 1.807) is 0 Å². The first kappa shape index (κ1) is 17.6. The molecule has 3 nitrogen and oxygen atoms in total. The van der Waals surface area contributed by atoms with Gasteiger partial charge in [-0.25, -0.2) is 4.98 Å². The van der Waals surface area contributed by atoms with Gasteiger partial charge < -0.3 is 5.32 Å². The molecule has 2 aromatic carbocycles. The third kappa shape index (κ3) is 4.91. The molecule has 0 aliphatic carbocycles. The summed E-state index contributed by atoms with van der Waals surface area (Å²) in [4.78, 5) is 16.7. The second kappa shape index (κ2) is 8.28. The molecule has 1 heterocycles. The Morgan fingerprint density at radius 1 is 1.16 bits per heavy atom. The lowest BCUT2D eigenvalue weighted by Crippen LogP contribution is -2.28. The van der Waals surface area contributed by atoms with Gasteiger partial charge in [0.15, 0.2) is 0 Å². The summed E-state index contributed by atoms with van der Waals surface area (Å²) in [6, 6.07) is 17.7. The third-order valence-corrected chi connectivity index (χ3v) is 5.15. The van der Waals surface area contributed by atoms with Gasteiger partial charge in [0.1, 0.15) is 5.01 Å². The number of amides is 1. The fourth-order valence-electron chi connectivity index (χ4n) is 2.51. The average Bonchev–Trinajstić information content (AvgIpc) is 3.09. The van der Waals surface area contributed by atoms with Gasteiger partial charge in [-0.05, 0) is 23.6 Å². The summed E-state index contributed by atoms with van der Waals surface area (Å²) in [5, 5.41) is 6.53. The molecule has 128 valence electrons. The van der Waals surface area contributed by atoms with Crippen molar-refractivity contribution in [2.75, 3.05) is 6.54 Å². The lowest BCUT2D eigenvalue weighted by atomic mass is 10.0. The first-order valence-corrected chi connectivity index (χ1v) is 9.39. The molecule has 0 aliphatic heterocycles. The SMILES string of the molecule is C[C@H](CNC(=O)Cc1csc(-c2ccc(Cl)cc2)n1)c1ccccc1. The molecule has 0 aliphatic rings. The maximum absolute atomic E-state index is 12.2. The Labute approximate surface area is 156 Å². The van der Waals surface area contributed by atoms with Crippen LogP contribution in [0.2, 0.25) is 5.02 Å². The summed E-state index contributed by atoms with van der Waals surface area (Å²) in [7, 11) is 0. The highest BCUT2D eigenvalue weighted by atomic mass is 35.5. The van der Waals surface area contributed by atoms with Crippen molar-refractivity contribution in [3.8, 4) is 10.6 Å². The van der Waals surface area contributed by atoms with Crippen molar-refractivity contribution < 1.29 is 4.79 Å². The van der Waals surface area contributed by atoms with E-state index in [4.69, 9.17) is 11.6 Å². The summed E-state index contributed by atoms with van der Waals surface area (Å²) in [6.45, 7) is 2.73. The summed E-state index contributed by atoms with van der Waals surface area (Å²) >= 11 is 7.45. The Morgan fingerprint density at radius 2 is 1.88 bits per heavy atom. The molecule has 3 aromatic rings. The smallest absolute Gasteiger partial charge is 0.226 e. The van der Waals surface area contributed by atoms with Crippen molar-refractivity contribution in [2.24, 2.45) is 0 Å². The van der Waals surface area contributed by atoms with Gasteiger partial charge in [-0.3, -0.25) is 4.79 Å². The van der Waals surface area contributed by atoms with Crippen LogP contribution in [-0.4, -0.2) is 17.4 Å². The van der Waals surface area contributed by atoms with Crippen LogP contribution in [0, 0.1) is 0 Å². The van der Waals surface area contributed by atoms with E-state index < -0.39 is 0 Å². The van der Waals surface area contributed by atoms with Crippen LogP contribution >= 0.6 is 22.9 Å². The van der Waals surface area contributed by atoms with Gasteiger partial charge >= 0.3 is 0 Å². The number of aromatic nitrogens is 1. The molecule has 1 amide bonds. The van der Waals surface area contributed by atoms with Crippen molar-refractivity contribution in [1.29, 1.82) is 0 Å². The highest BCUT2D eigenvalue weighted by Crippen LogP contribution is 2.25. The number of hydrogen-bond acceptors (Lipinski definition) is 3. The molecule has 0 saturated heterocycles. The van der Waals surface area contributed by atoms with Crippen molar-refractivity contribution in [1.82, 2.24) is 10.3 Å². The topological polar surface area (TPSA) is 42.0 Å². The quantitative estimate of drug-likeness (QED) is 0.668. The second-order valence-electron chi connectivity index (χ2n) is 5.94. The molecular weight excluding hydrogens is 352 g/mol. The lowest BCUT2D eigenvalue weighted by Gasteiger charge is -2.12. The molecule has 0 bridgehead atoms. The maximum atomic E-state index is 12.2. The molecular formula is C20H19ClN2OS. The minimum absolute atomic E-state index is 0.00395. The molecule has 0 spiro atoms. The van der Waals surface area contributed by atoms with Gasteiger partial charge in [0.25, 0.3) is 0 Å². The van der Waals surface area contributed by atoms with Gasteiger partial charge in [-0.2, -0.15) is 0 Å². The number of benzene rings is 2. The second-order valence-corrected chi connectivity index (χ2v) is 7.24. The summed E-state index contributed by atoms with van der Waals surface area (Å²) in [5.41, 5.74) is 3.03. The number of hydrogen-bond donors (Lipinski definition) is 1. The predicted octanol–water partition coefficient (Wildman–Crippen LogP) is 4.93. The minimum atomic E-state index is -0.00395. The van der Waals surface area contributed by atoms with E-state index in [0.29, 0.717) is 18.0 Å². The Hall–Kier alpha value is -2.17. The molecule has 0 saturated carbocycles. The van der Waals surface area contributed by atoms with E-state index >= 15 is 0 Å². The van der Waals surface area contributed by atoms with E-state index in [2.05, 4.69) is 29.4 Å². The van der Waals surface area contributed by atoms with Crippen LogP contribution in [0.5, 0.6) is 0 Å². The number of carbonyl (C=O) groups excluding carboxylic acids is 1.